The van der Waals surface area contributed by atoms with Crippen molar-refractivity contribution in [2.24, 2.45) is 0 Å². The van der Waals surface area contributed by atoms with Gasteiger partial charge < -0.3 is 24.0 Å². The Kier molecular flexibility index (Phi) is 4.20. The van der Waals surface area contributed by atoms with Gasteiger partial charge in [0.05, 0.1) is 0 Å². The first-order chi connectivity index (χ1) is 6.85. The minimum absolute atomic E-state index is 0. The van der Waals surface area contributed by atoms with E-state index >= 15 is 0 Å². The summed E-state index contributed by atoms with van der Waals surface area (Å²) < 4.78 is 2.16. The number of hydrogen-bond donors (Lipinski definition) is 0. The number of hydrogen-bond acceptors (Lipinski definition) is 1. The molecule has 2 nitrogen and oxygen atoms in total. The number of carbonyl (C=O) groups excluding carboxylic acids is 1. The van der Waals surface area contributed by atoms with E-state index in [0.29, 0.717) is 0 Å². The van der Waals surface area contributed by atoms with Gasteiger partial charge in [-0.2, -0.15) is 4.57 Å². The quantitative estimate of drug-likeness (QED) is 0.394. The molecule has 78 valence electrons. The van der Waals surface area contributed by atoms with Gasteiger partial charge in [-0.3, -0.25) is 4.79 Å². The van der Waals surface area contributed by atoms with Crippen LogP contribution < -0.4 is 28.5 Å². The minimum atomic E-state index is 0. The number of pyridine rings is 1. The van der Waals surface area contributed by atoms with Crippen LogP contribution in [0.4, 0.5) is 0 Å². The summed E-state index contributed by atoms with van der Waals surface area (Å²) >= 11 is 0. The second-order valence-electron chi connectivity index (χ2n) is 3.23. The lowest BCUT2D eigenvalue weighted by Crippen LogP contribution is -3.00. The molecule has 0 saturated carbocycles. The number of aromatic nitrogens is 1. The largest absolute Gasteiger partial charge is 1.00 e. The number of carbonyl (C=O) groups is 1. The van der Waals surface area contributed by atoms with E-state index in [0.717, 1.165) is 23.8 Å². The van der Waals surface area contributed by atoms with E-state index in [1.807, 2.05) is 36.5 Å². The SMILES string of the molecule is CC[n+]1cccc2cc(C=O)ccc21.[I-]. The Labute approximate surface area is 106 Å². The molecule has 0 radical (unpaired) electrons. The van der Waals surface area contributed by atoms with Crippen molar-refractivity contribution in [3.8, 4) is 0 Å². The summed E-state index contributed by atoms with van der Waals surface area (Å²) in [7, 11) is 0. The molecule has 0 aliphatic carbocycles. The first-order valence-corrected chi connectivity index (χ1v) is 4.72. The van der Waals surface area contributed by atoms with Gasteiger partial charge in [-0.05, 0) is 25.1 Å². The van der Waals surface area contributed by atoms with Crippen LogP contribution in [0.25, 0.3) is 10.9 Å². The number of fused-ring (bicyclic) bond motifs is 1. The van der Waals surface area contributed by atoms with Crippen molar-refractivity contribution in [2.75, 3.05) is 0 Å². The van der Waals surface area contributed by atoms with Crippen LogP contribution in [0.15, 0.2) is 36.5 Å². The van der Waals surface area contributed by atoms with E-state index in [1.165, 1.54) is 5.52 Å². The summed E-state index contributed by atoms with van der Waals surface area (Å²) in [5.41, 5.74) is 1.90. The number of rotatable bonds is 2. The predicted octanol–water partition coefficient (Wildman–Crippen LogP) is -1.04. The van der Waals surface area contributed by atoms with E-state index in [2.05, 4.69) is 11.5 Å². The van der Waals surface area contributed by atoms with Crippen molar-refractivity contribution in [3.63, 3.8) is 0 Å². The highest BCUT2D eigenvalue weighted by atomic mass is 127. The fraction of sp³-hybridized carbons (Fsp3) is 0.167. The highest BCUT2D eigenvalue weighted by Crippen LogP contribution is 2.10. The van der Waals surface area contributed by atoms with Gasteiger partial charge in [0, 0.05) is 23.1 Å². The molecule has 0 unspecified atom stereocenters. The summed E-state index contributed by atoms with van der Waals surface area (Å²) in [5.74, 6) is 0. The Morgan fingerprint density at radius 1 is 1.33 bits per heavy atom. The molecule has 0 aliphatic heterocycles. The molecule has 0 amide bonds. The molecule has 2 rings (SSSR count). The van der Waals surface area contributed by atoms with Crippen molar-refractivity contribution in [3.05, 3.63) is 42.1 Å². The average molecular weight is 313 g/mol. The maximum absolute atomic E-state index is 10.6. The number of halogens is 1. The molecule has 0 saturated heterocycles. The highest BCUT2D eigenvalue weighted by molar-refractivity contribution is 5.85. The molecular formula is C12H12INO. The van der Waals surface area contributed by atoms with Gasteiger partial charge >= 0.3 is 0 Å². The zero-order valence-electron chi connectivity index (χ0n) is 8.48. The molecule has 2 aromatic rings. The fourth-order valence-corrected chi connectivity index (χ4v) is 1.65. The molecule has 0 aliphatic rings. The maximum atomic E-state index is 10.6. The third-order valence-corrected chi connectivity index (χ3v) is 2.38. The summed E-state index contributed by atoms with van der Waals surface area (Å²) in [5, 5.41) is 1.11. The third-order valence-electron chi connectivity index (χ3n) is 2.38. The van der Waals surface area contributed by atoms with Crippen LogP contribution in [-0.2, 0) is 6.54 Å². The van der Waals surface area contributed by atoms with E-state index in [-0.39, 0.29) is 24.0 Å². The molecular weight excluding hydrogens is 301 g/mol. The molecule has 1 aromatic carbocycles. The van der Waals surface area contributed by atoms with Gasteiger partial charge in [0.1, 0.15) is 12.8 Å². The topological polar surface area (TPSA) is 20.9 Å². The van der Waals surface area contributed by atoms with Crippen molar-refractivity contribution in [1.29, 1.82) is 0 Å². The first-order valence-electron chi connectivity index (χ1n) is 4.72. The van der Waals surface area contributed by atoms with E-state index < -0.39 is 0 Å². The zero-order chi connectivity index (χ0) is 9.97. The second kappa shape index (κ2) is 5.21. The van der Waals surface area contributed by atoms with E-state index in [9.17, 15) is 4.79 Å². The molecule has 0 fully saturated rings. The summed E-state index contributed by atoms with van der Waals surface area (Å²) in [6.45, 7) is 3.05. The Hall–Kier alpha value is -0.970. The summed E-state index contributed by atoms with van der Waals surface area (Å²) in [6.07, 6.45) is 2.92. The molecule has 3 heteroatoms. The number of aryl methyl sites for hydroxylation is 1. The van der Waals surface area contributed by atoms with Crippen molar-refractivity contribution in [2.45, 2.75) is 13.5 Å². The Balaban J connectivity index is 0.00000112. The Morgan fingerprint density at radius 3 is 2.80 bits per heavy atom. The number of aldehydes is 1. The lowest BCUT2D eigenvalue weighted by Gasteiger charge is -1.98. The normalized spacial score (nSPS) is 9.67. The molecule has 1 heterocycles. The monoisotopic (exact) mass is 313 g/mol. The van der Waals surface area contributed by atoms with Gasteiger partial charge in [0.15, 0.2) is 6.20 Å². The molecule has 15 heavy (non-hydrogen) atoms. The van der Waals surface area contributed by atoms with Gasteiger partial charge in [-0.1, -0.05) is 0 Å². The van der Waals surface area contributed by atoms with Gasteiger partial charge in [-0.25, -0.2) is 0 Å². The van der Waals surface area contributed by atoms with Crippen LogP contribution in [0.5, 0.6) is 0 Å². The maximum Gasteiger partial charge on any atom is 0.212 e. The van der Waals surface area contributed by atoms with Gasteiger partial charge in [0.25, 0.3) is 0 Å². The smallest absolute Gasteiger partial charge is 0.212 e. The van der Waals surface area contributed by atoms with Crippen LogP contribution in [-0.4, -0.2) is 6.29 Å². The number of benzene rings is 1. The number of nitrogens with zero attached hydrogens (tertiary/aromatic N) is 1. The van der Waals surface area contributed by atoms with E-state index in [4.69, 9.17) is 0 Å². The first kappa shape index (κ1) is 12.1. The molecule has 0 N–H and O–H groups in total. The zero-order valence-corrected chi connectivity index (χ0v) is 10.6. The third kappa shape index (κ3) is 2.34. The standard InChI is InChI=1S/C12H12NO.HI/c1-2-13-7-3-4-11-8-10(9-14)5-6-12(11)13;/h3-9H,2H2,1H3;1H/q+1;/p-1. The Bertz CT molecular complexity index is 482. The van der Waals surface area contributed by atoms with Crippen molar-refractivity contribution >= 4 is 17.2 Å². The fourth-order valence-electron chi connectivity index (χ4n) is 1.65. The van der Waals surface area contributed by atoms with Gasteiger partial charge in [-0.15, -0.1) is 0 Å². The van der Waals surface area contributed by atoms with E-state index in [1.54, 1.807) is 0 Å². The summed E-state index contributed by atoms with van der Waals surface area (Å²) in [6, 6.07) is 9.77. The van der Waals surface area contributed by atoms with Crippen LogP contribution in [0.3, 0.4) is 0 Å². The van der Waals surface area contributed by atoms with Crippen LogP contribution in [0, 0.1) is 0 Å². The Morgan fingerprint density at radius 2 is 2.13 bits per heavy atom. The van der Waals surface area contributed by atoms with Crippen LogP contribution >= 0.6 is 0 Å². The molecule has 1 aromatic heterocycles. The van der Waals surface area contributed by atoms with Crippen molar-refractivity contribution < 1.29 is 33.3 Å². The van der Waals surface area contributed by atoms with Crippen molar-refractivity contribution in [1.82, 2.24) is 0 Å². The lowest BCUT2D eigenvalue weighted by atomic mass is 10.1. The van der Waals surface area contributed by atoms with Crippen LogP contribution in [0.1, 0.15) is 17.3 Å². The van der Waals surface area contributed by atoms with Gasteiger partial charge in [0.2, 0.25) is 5.52 Å². The minimum Gasteiger partial charge on any atom is -1.00 e. The lowest BCUT2D eigenvalue weighted by molar-refractivity contribution is -0.667. The second-order valence-corrected chi connectivity index (χ2v) is 3.23. The molecule has 0 atom stereocenters. The van der Waals surface area contributed by atoms with Crippen LogP contribution in [0.2, 0.25) is 0 Å². The highest BCUT2D eigenvalue weighted by Gasteiger charge is 2.05. The molecule has 0 spiro atoms. The molecule has 0 bridgehead atoms. The summed E-state index contributed by atoms with van der Waals surface area (Å²) in [4.78, 5) is 10.6. The average Bonchev–Trinajstić information content (AvgIpc) is 2.27. The predicted molar refractivity (Wildman–Crippen MR) is 55.2 cm³/mol.